The van der Waals surface area contributed by atoms with E-state index in [4.69, 9.17) is 4.74 Å². The van der Waals surface area contributed by atoms with Crippen LogP contribution in [0.3, 0.4) is 0 Å². The number of amides is 2. The number of carbonyl (C=O) groups is 2. The summed E-state index contributed by atoms with van der Waals surface area (Å²) in [7, 11) is 1.69. The second-order valence-corrected chi connectivity index (χ2v) is 7.54. The van der Waals surface area contributed by atoms with Gasteiger partial charge in [-0.2, -0.15) is 5.10 Å². The van der Waals surface area contributed by atoms with Gasteiger partial charge in [0.1, 0.15) is 18.7 Å². The Morgan fingerprint density at radius 3 is 2.77 bits per heavy atom. The molecule has 2 aliphatic heterocycles. The van der Waals surface area contributed by atoms with Crippen LogP contribution >= 0.6 is 0 Å². The maximum Gasteiger partial charge on any atom is 0.247 e. The fraction of sp³-hybridized carbons (Fsp3) is 0.778. The highest BCUT2D eigenvalue weighted by atomic mass is 16.5. The van der Waals surface area contributed by atoms with E-state index in [1.165, 1.54) is 6.33 Å². The molecule has 2 fully saturated rings. The molecule has 8 nitrogen and oxygen atoms in total. The first-order chi connectivity index (χ1) is 12.5. The summed E-state index contributed by atoms with van der Waals surface area (Å²) in [6.07, 6.45) is 7.38. The lowest BCUT2D eigenvalue weighted by Gasteiger charge is -2.47. The predicted molar refractivity (Wildman–Crippen MR) is 95.3 cm³/mol. The van der Waals surface area contributed by atoms with Gasteiger partial charge in [0.05, 0.1) is 0 Å². The monoisotopic (exact) mass is 363 g/mol. The molecule has 1 atom stereocenters. The number of aromatic nitrogens is 3. The van der Waals surface area contributed by atoms with Crippen LogP contribution in [0.25, 0.3) is 0 Å². The summed E-state index contributed by atoms with van der Waals surface area (Å²) in [5.74, 6) is 0.347. The van der Waals surface area contributed by atoms with Crippen molar-refractivity contribution in [2.24, 2.45) is 5.41 Å². The second kappa shape index (κ2) is 8.16. The largest absolute Gasteiger partial charge is 0.385 e. The molecule has 0 radical (unpaired) electrons. The number of likely N-dealkylation sites (tertiary alicyclic amines) is 2. The number of nitrogens with zero attached hydrogens (tertiary/aromatic N) is 5. The molecule has 26 heavy (non-hydrogen) atoms. The molecule has 1 spiro atoms. The van der Waals surface area contributed by atoms with E-state index in [0.29, 0.717) is 13.0 Å². The van der Waals surface area contributed by atoms with E-state index >= 15 is 0 Å². The fourth-order valence-corrected chi connectivity index (χ4v) is 4.11. The molecular weight excluding hydrogens is 334 g/mol. The Bertz CT molecular complexity index is 610. The molecule has 0 aromatic carbocycles. The van der Waals surface area contributed by atoms with Crippen LogP contribution < -0.4 is 0 Å². The smallest absolute Gasteiger partial charge is 0.247 e. The normalized spacial score (nSPS) is 21.2. The Morgan fingerprint density at radius 1 is 1.35 bits per heavy atom. The Morgan fingerprint density at radius 2 is 2.12 bits per heavy atom. The van der Waals surface area contributed by atoms with Crippen LogP contribution in [0.2, 0.25) is 0 Å². The molecule has 3 rings (SSSR count). The summed E-state index contributed by atoms with van der Waals surface area (Å²) >= 11 is 0. The zero-order valence-electron chi connectivity index (χ0n) is 15.8. The van der Waals surface area contributed by atoms with Crippen LogP contribution in [-0.4, -0.2) is 76.3 Å². The van der Waals surface area contributed by atoms with Crippen LogP contribution in [-0.2, 0) is 14.3 Å². The lowest BCUT2D eigenvalue weighted by molar-refractivity contribution is -0.144. The summed E-state index contributed by atoms with van der Waals surface area (Å²) in [6.45, 7) is 5.62. The molecule has 8 heteroatoms. The third-order valence-corrected chi connectivity index (χ3v) is 5.85. The van der Waals surface area contributed by atoms with Gasteiger partial charge in [0.15, 0.2) is 0 Å². The van der Waals surface area contributed by atoms with Gasteiger partial charge in [0.25, 0.3) is 0 Å². The van der Waals surface area contributed by atoms with Crippen LogP contribution in [0.1, 0.15) is 45.1 Å². The van der Waals surface area contributed by atoms with E-state index in [0.717, 1.165) is 51.9 Å². The van der Waals surface area contributed by atoms with E-state index < -0.39 is 0 Å². The second-order valence-electron chi connectivity index (χ2n) is 7.54. The summed E-state index contributed by atoms with van der Waals surface area (Å²) in [5, 5.41) is 4.07. The van der Waals surface area contributed by atoms with Gasteiger partial charge in [-0.05, 0) is 38.0 Å². The quantitative estimate of drug-likeness (QED) is 0.707. The van der Waals surface area contributed by atoms with Gasteiger partial charge in [-0.3, -0.25) is 9.59 Å². The zero-order valence-corrected chi connectivity index (χ0v) is 15.8. The molecule has 2 saturated heterocycles. The Hall–Kier alpha value is -1.96. The summed E-state index contributed by atoms with van der Waals surface area (Å²) in [4.78, 5) is 32.8. The van der Waals surface area contributed by atoms with Crippen molar-refractivity contribution in [3.63, 3.8) is 0 Å². The molecule has 1 aromatic rings. The number of piperidine rings is 2. The molecule has 1 aromatic heterocycles. The number of carbonyl (C=O) groups excluding carboxylic acids is 2. The molecule has 144 valence electrons. The maximum absolute atomic E-state index is 12.7. The zero-order chi connectivity index (χ0) is 18.6. The van der Waals surface area contributed by atoms with E-state index in [-0.39, 0.29) is 23.3 Å². The average Bonchev–Trinajstić information content (AvgIpc) is 3.19. The predicted octanol–water partition coefficient (Wildman–Crippen LogP) is 1.11. The molecule has 0 unspecified atom stereocenters. The average molecular weight is 363 g/mol. The van der Waals surface area contributed by atoms with E-state index in [2.05, 4.69) is 10.1 Å². The maximum atomic E-state index is 12.7. The first kappa shape index (κ1) is 18.8. The molecule has 0 aliphatic carbocycles. The van der Waals surface area contributed by atoms with E-state index in [1.807, 2.05) is 16.7 Å². The Balaban J connectivity index is 1.55. The van der Waals surface area contributed by atoms with Gasteiger partial charge in [-0.15, -0.1) is 0 Å². The summed E-state index contributed by atoms with van der Waals surface area (Å²) in [5.41, 5.74) is 0.161. The highest BCUT2D eigenvalue weighted by molar-refractivity contribution is 5.80. The summed E-state index contributed by atoms with van der Waals surface area (Å²) in [6, 6.07) is -0.329. The molecule has 3 heterocycles. The van der Waals surface area contributed by atoms with Crippen molar-refractivity contribution in [3.05, 3.63) is 12.7 Å². The van der Waals surface area contributed by atoms with Crippen molar-refractivity contribution < 1.29 is 14.3 Å². The lowest BCUT2D eigenvalue weighted by atomic mass is 9.72. The van der Waals surface area contributed by atoms with Gasteiger partial charge in [-0.1, -0.05) is 0 Å². The Labute approximate surface area is 154 Å². The minimum absolute atomic E-state index is 0.0918. The van der Waals surface area contributed by atoms with Crippen molar-refractivity contribution in [3.8, 4) is 0 Å². The molecular formula is C18H29N5O3. The molecule has 0 saturated carbocycles. The lowest BCUT2D eigenvalue weighted by Crippen LogP contribution is -2.53. The SMILES string of the molecule is COCCCN1CC2(CCC1=O)CCN(C(=O)[C@@H](C)n1cncn1)CC2. The van der Waals surface area contributed by atoms with E-state index in [9.17, 15) is 9.59 Å². The van der Waals surface area contributed by atoms with Crippen LogP contribution in [0.5, 0.6) is 0 Å². The van der Waals surface area contributed by atoms with Gasteiger partial charge >= 0.3 is 0 Å². The number of hydrogen-bond acceptors (Lipinski definition) is 5. The molecule has 0 N–H and O–H groups in total. The van der Waals surface area contributed by atoms with Crippen molar-refractivity contribution in [1.29, 1.82) is 0 Å². The molecule has 2 amide bonds. The van der Waals surface area contributed by atoms with Crippen molar-refractivity contribution >= 4 is 11.8 Å². The van der Waals surface area contributed by atoms with Gasteiger partial charge < -0.3 is 14.5 Å². The third kappa shape index (κ3) is 4.06. The number of methoxy groups -OCH3 is 1. The van der Waals surface area contributed by atoms with Crippen LogP contribution in [0.4, 0.5) is 0 Å². The van der Waals surface area contributed by atoms with Crippen molar-refractivity contribution in [2.45, 2.75) is 45.1 Å². The van der Waals surface area contributed by atoms with Crippen LogP contribution in [0.15, 0.2) is 12.7 Å². The van der Waals surface area contributed by atoms with Gasteiger partial charge in [0.2, 0.25) is 11.8 Å². The number of ether oxygens (including phenoxy) is 1. The topological polar surface area (TPSA) is 80.6 Å². The molecule has 0 bridgehead atoms. The third-order valence-electron chi connectivity index (χ3n) is 5.85. The van der Waals surface area contributed by atoms with Crippen molar-refractivity contribution in [2.75, 3.05) is 39.9 Å². The van der Waals surface area contributed by atoms with Gasteiger partial charge in [-0.25, -0.2) is 9.67 Å². The standard InChI is InChI=1S/C18H29N5O3/c1-15(23-14-19-13-20-23)17(25)21-9-6-18(7-10-21)5-4-16(24)22(12-18)8-3-11-26-2/h13-15H,3-12H2,1-2H3/t15-/m1/s1. The first-order valence-corrected chi connectivity index (χ1v) is 9.44. The highest BCUT2D eigenvalue weighted by Crippen LogP contribution is 2.40. The fourth-order valence-electron chi connectivity index (χ4n) is 4.11. The summed E-state index contributed by atoms with van der Waals surface area (Å²) < 4.78 is 6.71. The minimum Gasteiger partial charge on any atom is -0.385 e. The Kier molecular flexibility index (Phi) is 5.90. The van der Waals surface area contributed by atoms with Crippen molar-refractivity contribution in [1.82, 2.24) is 24.6 Å². The van der Waals surface area contributed by atoms with Gasteiger partial charge in [0, 0.05) is 46.3 Å². The van der Waals surface area contributed by atoms with E-state index in [1.54, 1.807) is 18.1 Å². The first-order valence-electron chi connectivity index (χ1n) is 9.44. The van der Waals surface area contributed by atoms with Crippen LogP contribution in [0, 0.1) is 5.41 Å². The number of rotatable bonds is 6. The highest BCUT2D eigenvalue weighted by Gasteiger charge is 2.42. The minimum atomic E-state index is -0.329. The molecule has 2 aliphatic rings. The number of hydrogen-bond donors (Lipinski definition) is 0.